The van der Waals surface area contributed by atoms with E-state index in [0.29, 0.717) is 17.3 Å². The van der Waals surface area contributed by atoms with E-state index in [9.17, 15) is 4.79 Å². The van der Waals surface area contributed by atoms with Crippen LogP contribution in [0.5, 0.6) is 0 Å². The van der Waals surface area contributed by atoms with Gasteiger partial charge in [0.15, 0.2) is 0 Å². The molecule has 1 heterocycles. The molecule has 0 saturated heterocycles. The van der Waals surface area contributed by atoms with Crippen LogP contribution in [0.1, 0.15) is 44.0 Å². The largest absolute Gasteiger partial charge is 0.384 e. The number of nitrogens with zero attached hydrogens (tertiary/aromatic N) is 1. The summed E-state index contributed by atoms with van der Waals surface area (Å²) < 4.78 is 0. The molecule has 0 saturated carbocycles. The van der Waals surface area contributed by atoms with Gasteiger partial charge in [0, 0.05) is 11.4 Å². The number of nitrogens with two attached hydrogens (primary N) is 1. The topological polar surface area (TPSA) is 68.0 Å². The maximum absolute atomic E-state index is 12.5. The summed E-state index contributed by atoms with van der Waals surface area (Å²) in [4.78, 5) is 16.8. The average molecular weight is 285 g/mol. The summed E-state index contributed by atoms with van der Waals surface area (Å²) in [5.41, 5.74) is 7.14. The summed E-state index contributed by atoms with van der Waals surface area (Å²) in [5, 5.41) is 3.89. The Morgan fingerprint density at radius 2 is 2.05 bits per heavy atom. The van der Waals surface area contributed by atoms with Crippen molar-refractivity contribution in [2.45, 2.75) is 39.7 Å². The van der Waals surface area contributed by atoms with E-state index in [-0.39, 0.29) is 11.9 Å². The quantitative estimate of drug-likeness (QED) is 0.885. The minimum Gasteiger partial charge on any atom is -0.384 e. The number of amides is 1. The molecule has 2 aromatic rings. The smallest absolute Gasteiger partial charge is 0.252 e. The maximum Gasteiger partial charge on any atom is 0.252 e. The number of nitrogen functional groups attached to an aromatic ring is 1. The summed E-state index contributed by atoms with van der Waals surface area (Å²) >= 11 is 0. The molecule has 2 unspecified atom stereocenters. The number of para-hydroxylation sites is 1. The maximum atomic E-state index is 12.5. The number of carbonyl (C=O) groups is 1. The van der Waals surface area contributed by atoms with E-state index in [1.54, 1.807) is 6.07 Å². The minimum atomic E-state index is -0.0869. The first-order chi connectivity index (χ1) is 10.0. The number of hydrogen-bond donors (Lipinski definition) is 2. The van der Waals surface area contributed by atoms with Crippen LogP contribution in [0.4, 0.5) is 5.82 Å². The zero-order valence-electron chi connectivity index (χ0n) is 12.9. The van der Waals surface area contributed by atoms with Gasteiger partial charge in [-0.1, -0.05) is 38.5 Å². The predicted octanol–water partition coefficient (Wildman–Crippen LogP) is 3.37. The van der Waals surface area contributed by atoms with E-state index in [0.717, 1.165) is 23.7 Å². The van der Waals surface area contributed by atoms with Crippen molar-refractivity contribution in [1.82, 2.24) is 10.3 Å². The molecule has 0 aliphatic rings. The van der Waals surface area contributed by atoms with Crippen LogP contribution < -0.4 is 11.1 Å². The van der Waals surface area contributed by atoms with Crippen LogP contribution in [0.3, 0.4) is 0 Å². The number of rotatable bonds is 5. The zero-order chi connectivity index (χ0) is 15.4. The Labute approximate surface area is 125 Å². The summed E-state index contributed by atoms with van der Waals surface area (Å²) in [6.45, 7) is 6.40. The lowest BCUT2D eigenvalue weighted by atomic mass is 10.00. The fourth-order valence-electron chi connectivity index (χ4n) is 2.51. The third-order valence-electron chi connectivity index (χ3n) is 3.81. The van der Waals surface area contributed by atoms with E-state index in [1.807, 2.05) is 31.2 Å². The summed E-state index contributed by atoms with van der Waals surface area (Å²) in [6, 6.07) is 9.34. The van der Waals surface area contributed by atoms with E-state index in [2.05, 4.69) is 24.1 Å². The number of anilines is 1. The van der Waals surface area contributed by atoms with Crippen LogP contribution >= 0.6 is 0 Å². The van der Waals surface area contributed by atoms with Gasteiger partial charge in [-0.3, -0.25) is 4.79 Å². The third-order valence-corrected chi connectivity index (χ3v) is 3.81. The number of hydrogen-bond acceptors (Lipinski definition) is 3. The Hall–Kier alpha value is -2.10. The van der Waals surface area contributed by atoms with Crippen molar-refractivity contribution in [3.05, 3.63) is 35.9 Å². The van der Waals surface area contributed by atoms with Gasteiger partial charge in [-0.15, -0.1) is 0 Å². The second-order valence-electron chi connectivity index (χ2n) is 5.74. The Morgan fingerprint density at radius 3 is 2.76 bits per heavy atom. The summed E-state index contributed by atoms with van der Waals surface area (Å²) in [6.07, 6.45) is 2.09. The van der Waals surface area contributed by atoms with Crippen LogP contribution in [0.25, 0.3) is 10.9 Å². The first kappa shape index (κ1) is 15.3. The van der Waals surface area contributed by atoms with Crippen molar-refractivity contribution < 1.29 is 4.79 Å². The lowest BCUT2D eigenvalue weighted by Crippen LogP contribution is -2.34. The first-order valence-electron chi connectivity index (χ1n) is 7.47. The van der Waals surface area contributed by atoms with Crippen molar-refractivity contribution in [3.8, 4) is 0 Å². The van der Waals surface area contributed by atoms with Gasteiger partial charge in [0.1, 0.15) is 5.82 Å². The SMILES string of the molecule is CCC(C)CC(C)NC(=O)c1cc(N)nc2ccccc12. The fraction of sp³-hybridized carbons (Fsp3) is 0.412. The van der Waals surface area contributed by atoms with Gasteiger partial charge >= 0.3 is 0 Å². The summed E-state index contributed by atoms with van der Waals surface area (Å²) in [7, 11) is 0. The highest BCUT2D eigenvalue weighted by Gasteiger charge is 2.15. The average Bonchev–Trinajstić information content (AvgIpc) is 2.45. The van der Waals surface area contributed by atoms with Crippen molar-refractivity contribution in [2.75, 3.05) is 5.73 Å². The minimum absolute atomic E-state index is 0.0869. The third kappa shape index (κ3) is 3.72. The van der Waals surface area contributed by atoms with Gasteiger partial charge in [-0.25, -0.2) is 4.98 Å². The number of aromatic nitrogens is 1. The molecule has 1 aromatic heterocycles. The van der Waals surface area contributed by atoms with Crippen LogP contribution in [-0.2, 0) is 0 Å². The van der Waals surface area contributed by atoms with Crippen molar-refractivity contribution in [1.29, 1.82) is 0 Å². The van der Waals surface area contributed by atoms with Gasteiger partial charge in [0.05, 0.1) is 11.1 Å². The zero-order valence-corrected chi connectivity index (χ0v) is 12.9. The van der Waals surface area contributed by atoms with E-state index in [4.69, 9.17) is 5.73 Å². The molecule has 3 N–H and O–H groups in total. The highest BCUT2D eigenvalue weighted by Crippen LogP contribution is 2.20. The number of fused-ring (bicyclic) bond motifs is 1. The molecular weight excluding hydrogens is 262 g/mol. The molecule has 1 aromatic carbocycles. The molecule has 4 heteroatoms. The first-order valence-corrected chi connectivity index (χ1v) is 7.47. The Morgan fingerprint density at radius 1 is 1.33 bits per heavy atom. The van der Waals surface area contributed by atoms with Crippen LogP contribution in [0.2, 0.25) is 0 Å². The molecule has 1 amide bonds. The van der Waals surface area contributed by atoms with E-state index >= 15 is 0 Å². The molecule has 0 aliphatic carbocycles. The van der Waals surface area contributed by atoms with Crippen LogP contribution in [-0.4, -0.2) is 16.9 Å². The van der Waals surface area contributed by atoms with Gasteiger partial charge in [-0.05, 0) is 31.4 Å². The van der Waals surface area contributed by atoms with Crippen molar-refractivity contribution in [3.63, 3.8) is 0 Å². The Balaban J connectivity index is 2.23. The van der Waals surface area contributed by atoms with Gasteiger partial charge in [0.25, 0.3) is 5.91 Å². The molecule has 0 bridgehead atoms. The molecule has 112 valence electrons. The molecule has 21 heavy (non-hydrogen) atoms. The lowest BCUT2D eigenvalue weighted by molar-refractivity contribution is 0.0937. The van der Waals surface area contributed by atoms with Gasteiger partial charge < -0.3 is 11.1 Å². The standard InChI is InChI=1S/C17H23N3O/c1-4-11(2)9-12(3)19-17(21)14-10-16(18)20-15-8-6-5-7-13(14)15/h5-8,10-12H,4,9H2,1-3H3,(H2,18,20)(H,19,21). The normalized spacial score (nSPS) is 13.9. The van der Waals surface area contributed by atoms with E-state index < -0.39 is 0 Å². The fourth-order valence-corrected chi connectivity index (χ4v) is 2.51. The highest BCUT2D eigenvalue weighted by molar-refractivity contribution is 6.06. The van der Waals surface area contributed by atoms with Crippen LogP contribution in [0, 0.1) is 5.92 Å². The second-order valence-corrected chi connectivity index (χ2v) is 5.74. The Kier molecular flexibility index (Phi) is 4.78. The van der Waals surface area contributed by atoms with Crippen molar-refractivity contribution >= 4 is 22.6 Å². The number of nitrogens with one attached hydrogen (secondary N) is 1. The van der Waals surface area contributed by atoms with E-state index in [1.165, 1.54) is 0 Å². The molecule has 0 spiro atoms. The number of benzene rings is 1. The summed E-state index contributed by atoms with van der Waals surface area (Å²) in [5.74, 6) is 0.879. The van der Waals surface area contributed by atoms with Gasteiger partial charge in [0.2, 0.25) is 0 Å². The van der Waals surface area contributed by atoms with Gasteiger partial charge in [-0.2, -0.15) is 0 Å². The molecule has 0 fully saturated rings. The molecule has 4 nitrogen and oxygen atoms in total. The molecule has 2 atom stereocenters. The monoisotopic (exact) mass is 285 g/mol. The van der Waals surface area contributed by atoms with Crippen LogP contribution in [0.15, 0.2) is 30.3 Å². The lowest BCUT2D eigenvalue weighted by Gasteiger charge is -2.18. The predicted molar refractivity (Wildman–Crippen MR) is 87.2 cm³/mol. The van der Waals surface area contributed by atoms with Crippen molar-refractivity contribution in [2.24, 2.45) is 5.92 Å². The number of pyridine rings is 1. The number of carbonyl (C=O) groups excluding carboxylic acids is 1. The molecule has 0 radical (unpaired) electrons. The molecule has 2 rings (SSSR count). The second kappa shape index (κ2) is 6.57. The Bertz CT molecular complexity index is 639. The highest BCUT2D eigenvalue weighted by atomic mass is 16.1. The molecular formula is C17H23N3O. The molecule has 0 aliphatic heterocycles.